The third kappa shape index (κ3) is 3.83. The van der Waals surface area contributed by atoms with Gasteiger partial charge in [0.05, 0.1) is 12.9 Å². The Bertz CT molecular complexity index is 1030. The van der Waals surface area contributed by atoms with Crippen LogP contribution in [0.5, 0.6) is 11.5 Å². The van der Waals surface area contributed by atoms with E-state index in [0.29, 0.717) is 12.4 Å². The Kier molecular flexibility index (Phi) is 4.62. The van der Waals surface area contributed by atoms with Crippen molar-refractivity contribution in [2.24, 2.45) is 0 Å². The number of fused-ring (bicyclic) bond motifs is 1. The first-order valence-corrected chi connectivity index (χ1v) is 10.6. The van der Waals surface area contributed by atoms with Crippen LogP contribution in [0.25, 0.3) is 0 Å². The first-order chi connectivity index (χ1) is 13.0. The second kappa shape index (κ2) is 7.08. The normalized spacial score (nSPS) is 19.0. The minimum atomic E-state index is -3.54. The molecular weight excluding hydrogens is 360 g/mol. The fourth-order valence-electron chi connectivity index (χ4n) is 3.67. The predicted molar refractivity (Wildman–Crippen MR) is 105 cm³/mol. The minimum absolute atomic E-state index is 0.115. The molecule has 1 aliphatic heterocycles. The van der Waals surface area contributed by atoms with E-state index in [-0.39, 0.29) is 11.8 Å². The standard InChI is InChI=1S/C22H20O4S/c1-27(23,24)26-18-13-11-17(12-14-18)22-19-9-5-6-10-21(19)25-15-20(22)16-7-3-2-4-8-16/h2-14,20,22H,15H2,1H3. The van der Waals surface area contributed by atoms with Crippen LogP contribution in [0.3, 0.4) is 0 Å². The third-order valence-corrected chi connectivity index (χ3v) is 5.28. The molecule has 4 rings (SSSR count). The molecule has 3 aromatic carbocycles. The smallest absolute Gasteiger partial charge is 0.306 e. The van der Waals surface area contributed by atoms with Crippen LogP contribution in [0.4, 0.5) is 0 Å². The molecule has 1 heterocycles. The zero-order valence-corrected chi connectivity index (χ0v) is 15.7. The molecule has 0 N–H and O–H groups in total. The highest BCUT2D eigenvalue weighted by Crippen LogP contribution is 2.46. The van der Waals surface area contributed by atoms with Crippen molar-refractivity contribution in [2.45, 2.75) is 11.8 Å². The van der Waals surface area contributed by atoms with E-state index in [1.54, 1.807) is 12.1 Å². The van der Waals surface area contributed by atoms with E-state index in [2.05, 4.69) is 18.2 Å². The summed E-state index contributed by atoms with van der Waals surface area (Å²) in [6.07, 6.45) is 1.04. The maximum absolute atomic E-state index is 11.3. The number of ether oxygens (including phenoxy) is 1. The van der Waals surface area contributed by atoms with Crippen molar-refractivity contribution in [1.29, 1.82) is 0 Å². The summed E-state index contributed by atoms with van der Waals surface area (Å²) in [5.41, 5.74) is 3.45. The second-order valence-electron chi connectivity index (χ2n) is 6.70. The van der Waals surface area contributed by atoms with Crippen LogP contribution in [0, 0.1) is 0 Å². The average molecular weight is 380 g/mol. The van der Waals surface area contributed by atoms with E-state index >= 15 is 0 Å². The van der Waals surface area contributed by atoms with Gasteiger partial charge in [0.1, 0.15) is 11.5 Å². The zero-order valence-electron chi connectivity index (χ0n) is 14.9. The lowest BCUT2D eigenvalue weighted by atomic mass is 9.76. The van der Waals surface area contributed by atoms with Crippen molar-refractivity contribution >= 4 is 10.1 Å². The second-order valence-corrected chi connectivity index (χ2v) is 8.28. The average Bonchev–Trinajstić information content (AvgIpc) is 2.67. The van der Waals surface area contributed by atoms with Crippen molar-refractivity contribution in [3.05, 3.63) is 95.6 Å². The number of benzene rings is 3. The maximum atomic E-state index is 11.3. The Morgan fingerprint density at radius 1 is 0.852 bits per heavy atom. The summed E-state index contributed by atoms with van der Waals surface area (Å²) in [6, 6.07) is 25.7. The van der Waals surface area contributed by atoms with Gasteiger partial charge in [0, 0.05) is 17.4 Å². The molecular formula is C22H20O4S. The fraction of sp³-hybridized carbons (Fsp3) is 0.182. The Labute approximate surface area is 159 Å². The Morgan fingerprint density at radius 3 is 2.22 bits per heavy atom. The van der Waals surface area contributed by atoms with Crippen LogP contribution in [0.15, 0.2) is 78.9 Å². The highest BCUT2D eigenvalue weighted by molar-refractivity contribution is 7.86. The quantitative estimate of drug-likeness (QED) is 0.632. The van der Waals surface area contributed by atoms with Crippen LogP contribution in [-0.4, -0.2) is 21.3 Å². The van der Waals surface area contributed by atoms with Gasteiger partial charge >= 0.3 is 10.1 Å². The van der Waals surface area contributed by atoms with Gasteiger partial charge in [-0.2, -0.15) is 8.42 Å². The Morgan fingerprint density at radius 2 is 1.52 bits per heavy atom. The van der Waals surface area contributed by atoms with Crippen LogP contribution < -0.4 is 8.92 Å². The van der Waals surface area contributed by atoms with E-state index in [1.165, 1.54) is 5.56 Å². The van der Waals surface area contributed by atoms with Gasteiger partial charge in [-0.3, -0.25) is 0 Å². The molecule has 0 amide bonds. The largest absolute Gasteiger partial charge is 0.493 e. The Balaban J connectivity index is 1.76. The number of hydrogen-bond acceptors (Lipinski definition) is 4. The van der Waals surface area contributed by atoms with Crippen LogP contribution in [-0.2, 0) is 10.1 Å². The van der Waals surface area contributed by atoms with Gasteiger partial charge in [0.15, 0.2) is 0 Å². The summed E-state index contributed by atoms with van der Waals surface area (Å²) in [6.45, 7) is 0.591. The predicted octanol–water partition coefficient (Wildman–Crippen LogP) is 4.33. The molecule has 0 aliphatic carbocycles. The number of para-hydroxylation sites is 1. The van der Waals surface area contributed by atoms with Gasteiger partial charge in [-0.1, -0.05) is 60.7 Å². The summed E-state index contributed by atoms with van der Waals surface area (Å²) in [4.78, 5) is 0. The molecule has 0 fully saturated rings. The molecule has 0 bridgehead atoms. The Hall–Kier alpha value is -2.79. The van der Waals surface area contributed by atoms with Gasteiger partial charge in [0.25, 0.3) is 0 Å². The molecule has 0 aromatic heterocycles. The first kappa shape index (κ1) is 17.6. The van der Waals surface area contributed by atoms with E-state index in [0.717, 1.165) is 23.1 Å². The van der Waals surface area contributed by atoms with Crippen LogP contribution >= 0.6 is 0 Å². The number of rotatable bonds is 4. The van der Waals surface area contributed by atoms with E-state index in [1.807, 2.05) is 48.5 Å². The van der Waals surface area contributed by atoms with E-state index in [4.69, 9.17) is 8.92 Å². The monoisotopic (exact) mass is 380 g/mol. The van der Waals surface area contributed by atoms with Crippen LogP contribution in [0.2, 0.25) is 0 Å². The van der Waals surface area contributed by atoms with Crippen molar-refractivity contribution in [1.82, 2.24) is 0 Å². The van der Waals surface area contributed by atoms with Crippen LogP contribution in [0.1, 0.15) is 28.5 Å². The third-order valence-electron chi connectivity index (χ3n) is 4.79. The molecule has 1 aliphatic rings. The molecule has 3 aromatic rings. The van der Waals surface area contributed by atoms with Gasteiger partial charge < -0.3 is 8.92 Å². The summed E-state index contributed by atoms with van der Waals surface area (Å²) < 4.78 is 33.7. The molecule has 0 saturated carbocycles. The fourth-order valence-corrected chi connectivity index (χ4v) is 4.13. The lowest BCUT2D eigenvalue weighted by Gasteiger charge is -2.34. The lowest BCUT2D eigenvalue weighted by molar-refractivity contribution is 0.249. The van der Waals surface area contributed by atoms with Gasteiger partial charge in [0.2, 0.25) is 0 Å². The summed E-state index contributed by atoms with van der Waals surface area (Å²) in [5, 5.41) is 0. The highest BCUT2D eigenvalue weighted by atomic mass is 32.2. The van der Waals surface area contributed by atoms with Crippen molar-refractivity contribution in [2.75, 3.05) is 12.9 Å². The molecule has 0 spiro atoms. The molecule has 2 atom stereocenters. The summed E-state index contributed by atoms with van der Waals surface area (Å²) in [5.74, 6) is 1.50. The molecule has 27 heavy (non-hydrogen) atoms. The SMILES string of the molecule is CS(=O)(=O)Oc1ccc(C2c3ccccc3OCC2c2ccccc2)cc1. The topological polar surface area (TPSA) is 52.6 Å². The molecule has 0 radical (unpaired) electrons. The van der Waals surface area contributed by atoms with Gasteiger partial charge in [-0.15, -0.1) is 0 Å². The van der Waals surface area contributed by atoms with E-state index < -0.39 is 10.1 Å². The number of hydrogen-bond donors (Lipinski definition) is 0. The van der Waals surface area contributed by atoms with Gasteiger partial charge in [-0.05, 0) is 29.3 Å². The molecule has 138 valence electrons. The lowest BCUT2D eigenvalue weighted by Crippen LogP contribution is -2.25. The molecule has 2 unspecified atom stereocenters. The first-order valence-electron chi connectivity index (χ1n) is 8.77. The van der Waals surface area contributed by atoms with Crippen molar-refractivity contribution in [3.8, 4) is 11.5 Å². The van der Waals surface area contributed by atoms with Crippen molar-refractivity contribution < 1.29 is 17.3 Å². The zero-order chi connectivity index (χ0) is 18.9. The summed E-state index contributed by atoms with van der Waals surface area (Å²) >= 11 is 0. The molecule has 4 nitrogen and oxygen atoms in total. The highest BCUT2D eigenvalue weighted by Gasteiger charge is 2.33. The summed E-state index contributed by atoms with van der Waals surface area (Å²) in [7, 11) is -3.54. The molecule has 0 saturated heterocycles. The van der Waals surface area contributed by atoms with Crippen molar-refractivity contribution in [3.63, 3.8) is 0 Å². The minimum Gasteiger partial charge on any atom is -0.493 e. The molecule has 5 heteroatoms. The van der Waals surface area contributed by atoms with Gasteiger partial charge in [-0.25, -0.2) is 0 Å². The maximum Gasteiger partial charge on any atom is 0.306 e. The van der Waals surface area contributed by atoms with E-state index in [9.17, 15) is 8.42 Å².